The Labute approximate surface area is 168 Å². The van der Waals surface area contributed by atoms with E-state index in [4.69, 9.17) is 14.2 Å². The molecule has 1 aromatic heterocycles. The van der Waals surface area contributed by atoms with Gasteiger partial charge in [-0.15, -0.1) is 0 Å². The third-order valence-electron chi connectivity index (χ3n) is 4.77. The lowest BCUT2D eigenvalue weighted by molar-refractivity contribution is -0.123. The van der Waals surface area contributed by atoms with Crippen LogP contribution in [0.4, 0.5) is 5.69 Å². The van der Waals surface area contributed by atoms with Gasteiger partial charge in [0.05, 0.1) is 0 Å². The van der Waals surface area contributed by atoms with Gasteiger partial charge in [-0.2, -0.15) is 0 Å². The number of amides is 1. The van der Waals surface area contributed by atoms with Gasteiger partial charge in [-0.25, -0.2) is 4.79 Å². The highest BCUT2D eigenvalue weighted by Gasteiger charge is 2.21. The molecule has 1 unspecified atom stereocenters. The molecule has 0 saturated heterocycles. The van der Waals surface area contributed by atoms with E-state index in [1.54, 1.807) is 24.3 Å². The Morgan fingerprint density at radius 2 is 1.83 bits per heavy atom. The quantitative estimate of drug-likeness (QED) is 0.658. The van der Waals surface area contributed by atoms with Gasteiger partial charge in [0.2, 0.25) is 0 Å². The molecular weight excluding hydrogens is 372 g/mol. The summed E-state index contributed by atoms with van der Waals surface area (Å²) in [5, 5.41) is 3.68. The number of fused-ring (bicyclic) bond motifs is 2. The summed E-state index contributed by atoms with van der Waals surface area (Å²) in [6, 6.07) is 10.9. The maximum atomic E-state index is 12.5. The molecule has 3 aromatic rings. The number of hydrogen-bond acceptors (Lipinski definition) is 5. The van der Waals surface area contributed by atoms with E-state index >= 15 is 0 Å². The SMILES string of the molecule is Cc1cc(C)c2cc(C(=O)OC(C)C(=O)Nc3ccc4c(c3)OCCO4)[nH]c2c1. The molecule has 1 amide bonds. The van der Waals surface area contributed by atoms with Crippen LogP contribution in [0, 0.1) is 13.8 Å². The number of hydrogen-bond donors (Lipinski definition) is 2. The van der Waals surface area contributed by atoms with Gasteiger partial charge < -0.3 is 24.5 Å². The van der Waals surface area contributed by atoms with Gasteiger partial charge >= 0.3 is 5.97 Å². The normalized spacial score (nSPS) is 13.8. The Hall–Kier alpha value is -3.48. The van der Waals surface area contributed by atoms with Crippen LogP contribution in [-0.4, -0.2) is 36.2 Å². The number of carbonyl (C=O) groups excluding carboxylic acids is 2. The van der Waals surface area contributed by atoms with Crippen LogP contribution in [-0.2, 0) is 9.53 Å². The number of aromatic nitrogens is 1. The van der Waals surface area contributed by atoms with Crippen LogP contribution >= 0.6 is 0 Å². The smallest absolute Gasteiger partial charge is 0.355 e. The number of benzene rings is 2. The van der Waals surface area contributed by atoms with Crippen molar-refractivity contribution in [2.45, 2.75) is 26.9 Å². The molecule has 7 heteroatoms. The van der Waals surface area contributed by atoms with E-state index in [0.717, 1.165) is 22.0 Å². The molecule has 0 aliphatic carbocycles. The number of rotatable bonds is 4. The Morgan fingerprint density at radius 3 is 2.62 bits per heavy atom. The maximum absolute atomic E-state index is 12.5. The summed E-state index contributed by atoms with van der Waals surface area (Å²) in [6.45, 7) is 6.47. The molecule has 1 aliphatic heterocycles. The van der Waals surface area contributed by atoms with Gasteiger partial charge in [0, 0.05) is 22.7 Å². The summed E-state index contributed by atoms with van der Waals surface area (Å²) in [7, 11) is 0. The van der Waals surface area contributed by atoms with E-state index in [0.29, 0.717) is 36.1 Å². The average molecular weight is 394 g/mol. The fourth-order valence-electron chi connectivity index (χ4n) is 3.35. The molecule has 2 N–H and O–H groups in total. The van der Waals surface area contributed by atoms with Crippen LogP contribution in [0.2, 0.25) is 0 Å². The van der Waals surface area contributed by atoms with Crippen LogP contribution in [0.5, 0.6) is 11.5 Å². The van der Waals surface area contributed by atoms with E-state index in [-0.39, 0.29) is 0 Å². The molecular formula is C22H22N2O5. The third kappa shape index (κ3) is 3.89. The molecule has 2 heterocycles. The molecule has 0 saturated carbocycles. The van der Waals surface area contributed by atoms with Crippen molar-refractivity contribution in [3.05, 3.63) is 53.2 Å². The van der Waals surface area contributed by atoms with Gasteiger partial charge in [0.1, 0.15) is 18.9 Å². The van der Waals surface area contributed by atoms with E-state index < -0.39 is 18.0 Å². The number of nitrogens with one attached hydrogen (secondary N) is 2. The number of H-pyrrole nitrogens is 1. The summed E-state index contributed by atoms with van der Waals surface area (Å²) in [5.41, 5.74) is 3.89. The fraction of sp³-hybridized carbons (Fsp3) is 0.273. The van der Waals surface area contributed by atoms with Gasteiger partial charge in [-0.3, -0.25) is 4.79 Å². The molecule has 29 heavy (non-hydrogen) atoms. The van der Waals surface area contributed by atoms with Crippen molar-refractivity contribution >= 4 is 28.5 Å². The predicted molar refractivity (Wildman–Crippen MR) is 109 cm³/mol. The minimum absolute atomic E-state index is 0.313. The van der Waals surface area contributed by atoms with E-state index in [1.807, 2.05) is 19.9 Å². The molecule has 0 spiro atoms. The van der Waals surface area contributed by atoms with E-state index in [2.05, 4.69) is 16.4 Å². The zero-order valence-corrected chi connectivity index (χ0v) is 16.5. The molecule has 0 bridgehead atoms. The lowest BCUT2D eigenvalue weighted by atomic mass is 10.1. The minimum Gasteiger partial charge on any atom is -0.486 e. The van der Waals surface area contributed by atoms with E-state index in [9.17, 15) is 9.59 Å². The molecule has 1 atom stereocenters. The molecule has 150 valence electrons. The number of anilines is 1. The van der Waals surface area contributed by atoms with Crippen LogP contribution in [0.15, 0.2) is 36.4 Å². The zero-order chi connectivity index (χ0) is 20.5. The van der Waals surface area contributed by atoms with Crippen LogP contribution in [0.3, 0.4) is 0 Å². The lowest BCUT2D eigenvalue weighted by Crippen LogP contribution is -2.30. The second-order valence-electron chi connectivity index (χ2n) is 7.12. The van der Waals surface area contributed by atoms with Crippen LogP contribution in [0.1, 0.15) is 28.5 Å². The monoisotopic (exact) mass is 394 g/mol. The van der Waals surface area contributed by atoms with Crippen molar-refractivity contribution in [3.8, 4) is 11.5 Å². The Kier molecular flexibility index (Phi) is 4.88. The highest BCUT2D eigenvalue weighted by Crippen LogP contribution is 2.32. The van der Waals surface area contributed by atoms with Crippen molar-refractivity contribution in [1.29, 1.82) is 0 Å². The Bertz CT molecular complexity index is 1100. The van der Waals surface area contributed by atoms with Crippen molar-refractivity contribution in [2.75, 3.05) is 18.5 Å². The van der Waals surface area contributed by atoms with Crippen molar-refractivity contribution in [3.63, 3.8) is 0 Å². The highest BCUT2D eigenvalue weighted by molar-refractivity contribution is 5.99. The standard InChI is InChI=1S/C22H22N2O5/c1-12-8-13(2)16-11-18(24-17(16)9-12)22(26)29-14(3)21(25)23-15-4-5-19-20(10-15)28-7-6-27-19/h4-5,8-11,14,24H,6-7H2,1-3H3,(H,23,25). The summed E-state index contributed by atoms with van der Waals surface area (Å²) in [6.07, 6.45) is -0.968. The second-order valence-corrected chi connectivity index (χ2v) is 7.12. The van der Waals surface area contributed by atoms with Gasteiger partial charge in [-0.1, -0.05) is 6.07 Å². The Morgan fingerprint density at radius 1 is 1.07 bits per heavy atom. The van der Waals surface area contributed by atoms with Gasteiger partial charge in [0.15, 0.2) is 17.6 Å². The topological polar surface area (TPSA) is 89.7 Å². The number of esters is 1. The summed E-state index contributed by atoms with van der Waals surface area (Å²) in [5.74, 6) is 0.196. The number of carbonyl (C=O) groups is 2. The largest absolute Gasteiger partial charge is 0.486 e. The first-order valence-electron chi connectivity index (χ1n) is 9.42. The van der Waals surface area contributed by atoms with Crippen LogP contribution < -0.4 is 14.8 Å². The molecule has 4 rings (SSSR count). The minimum atomic E-state index is -0.968. The lowest BCUT2D eigenvalue weighted by Gasteiger charge is -2.19. The zero-order valence-electron chi connectivity index (χ0n) is 16.5. The predicted octanol–water partition coefficient (Wildman–Crippen LogP) is 3.74. The molecule has 7 nitrogen and oxygen atoms in total. The van der Waals surface area contributed by atoms with Gasteiger partial charge in [-0.05, 0) is 56.2 Å². The van der Waals surface area contributed by atoms with Crippen molar-refractivity contribution in [1.82, 2.24) is 4.98 Å². The summed E-state index contributed by atoms with van der Waals surface area (Å²) >= 11 is 0. The summed E-state index contributed by atoms with van der Waals surface area (Å²) in [4.78, 5) is 28.0. The highest BCUT2D eigenvalue weighted by atomic mass is 16.6. The average Bonchev–Trinajstić information content (AvgIpc) is 3.12. The van der Waals surface area contributed by atoms with Crippen molar-refractivity contribution < 1.29 is 23.8 Å². The number of aromatic amines is 1. The molecule has 1 aliphatic rings. The molecule has 0 fully saturated rings. The maximum Gasteiger partial charge on any atom is 0.355 e. The van der Waals surface area contributed by atoms with Gasteiger partial charge in [0.25, 0.3) is 5.91 Å². The second kappa shape index (κ2) is 7.50. The molecule has 0 radical (unpaired) electrons. The molecule has 2 aromatic carbocycles. The first-order valence-corrected chi connectivity index (χ1v) is 9.42. The van der Waals surface area contributed by atoms with E-state index in [1.165, 1.54) is 6.92 Å². The fourth-order valence-corrected chi connectivity index (χ4v) is 3.35. The Balaban J connectivity index is 1.43. The summed E-state index contributed by atoms with van der Waals surface area (Å²) < 4.78 is 16.3. The first kappa shape index (κ1) is 18.9. The number of ether oxygens (including phenoxy) is 3. The third-order valence-corrected chi connectivity index (χ3v) is 4.77. The van der Waals surface area contributed by atoms with Crippen LogP contribution in [0.25, 0.3) is 10.9 Å². The number of aryl methyl sites for hydroxylation is 2. The van der Waals surface area contributed by atoms with Crippen molar-refractivity contribution in [2.24, 2.45) is 0 Å². The first-order chi connectivity index (χ1) is 13.9.